The zero-order chi connectivity index (χ0) is 27.8. The van der Waals surface area contributed by atoms with Crippen molar-refractivity contribution in [1.29, 1.82) is 0 Å². The maximum atomic E-state index is 12.3. The Morgan fingerprint density at radius 3 is 2.50 bits per heavy atom. The van der Waals surface area contributed by atoms with E-state index < -0.39 is 0 Å². The van der Waals surface area contributed by atoms with Gasteiger partial charge in [0.25, 0.3) is 0 Å². The minimum atomic E-state index is -0.228. The molecule has 1 aromatic carbocycles. The molecule has 214 valence electrons. The monoisotopic (exact) mass is 574 g/mol. The number of hydrogen-bond acceptors (Lipinski definition) is 9. The molecule has 4 N–H and O–H groups in total. The molecule has 0 aliphatic carbocycles. The predicted molar refractivity (Wildman–Crippen MR) is 150 cm³/mol. The minimum absolute atomic E-state index is 0.0488. The van der Waals surface area contributed by atoms with Crippen molar-refractivity contribution in [2.75, 3.05) is 84.4 Å². The molecule has 0 saturated heterocycles. The van der Waals surface area contributed by atoms with E-state index >= 15 is 0 Å². The quantitative estimate of drug-likeness (QED) is 0.226. The standard InChI is InChI=1S/C25H40Cl2N6O5/c1-19-17-33(20-5-6-21(26)22(27)16-20)31-25(19)30-23(34)4-3-8-29-24(35)18-38-15-14-37-13-10-32(2)9-12-36-11-7-28/h5-6,16,19H,3-4,7-15,17-18,28H2,1-2H3,(H,29,35)(H,30,31,34). The Labute approximate surface area is 234 Å². The summed E-state index contributed by atoms with van der Waals surface area (Å²) < 4.78 is 16.2. The summed E-state index contributed by atoms with van der Waals surface area (Å²) in [5, 5.41) is 12.8. The first kappa shape index (κ1) is 32.2. The lowest BCUT2D eigenvalue weighted by Gasteiger charge is -2.16. The number of amides is 2. The van der Waals surface area contributed by atoms with Crippen molar-refractivity contribution in [3.8, 4) is 0 Å². The summed E-state index contributed by atoms with van der Waals surface area (Å²) in [7, 11) is 2.00. The minimum Gasteiger partial charge on any atom is -0.379 e. The third-order valence-corrected chi connectivity index (χ3v) is 6.35. The number of nitrogens with one attached hydrogen (secondary N) is 2. The first-order valence-electron chi connectivity index (χ1n) is 12.8. The summed E-state index contributed by atoms with van der Waals surface area (Å²) in [5.41, 5.74) is 6.18. The Morgan fingerprint density at radius 2 is 1.79 bits per heavy atom. The van der Waals surface area contributed by atoms with E-state index in [1.165, 1.54) is 0 Å². The SMILES string of the molecule is CC1CN(c2ccc(Cl)c(Cl)c2)N=C1NC(=O)CCCNC(=O)COCCOCCN(C)CCOCCN. The predicted octanol–water partition coefficient (Wildman–Crippen LogP) is 1.72. The third-order valence-electron chi connectivity index (χ3n) is 5.62. The summed E-state index contributed by atoms with van der Waals surface area (Å²) in [6.07, 6.45) is 0.769. The van der Waals surface area contributed by atoms with Crippen molar-refractivity contribution in [2.24, 2.45) is 16.8 Å². The van der Waals surface area contributed by atoms with Gasteiger partial charge in [-0.15, -0.1) is 0 Å². The Kier molecular flexibility index (Phi) is 15.5. The summed E-state index contributed by atoms with van der Waals surface area (Å²) in [5.74, 6) is 0.275. The van der Waals surface area contributed by atoms with E-state index in [9.17, 15) is 9.59 Å². The van der Waals surface area contributed by atoms with E-state index in [2.05, 4.69) is 20.6 Å². The summed E-state index contributed by atoms with van der Waals surface area (Å²) >= 11 is 12.1. The van der Waals surface area contributed by atoms with E-state index in [-0.39, 0.29) is 30.8 Å². The Morgan fingerprint density at radius 1 is 1.08 bits per heavy atom. The average Bonchev–Trinajstić information content (AvgIpc) is 3.25. The lowest BCUT2D eigenvalue weighted by Crippen LogP contribution is -2.34. The van der Waals surface area contributed by atoms with Gasteiger partial charge in [-0.2, -0.15) is 5.10 Å². The number of hydrazone groups is 1. The van der Waals surface area contributed by atoms with Crippen molar-refractivity contribution in [3.63, 3.8) is 0 Å². The Bertz CT molecular complexity index is 907. The number of carbonyl (C=O) groups is 2. The number of benzene rings is 1. The molecule has 1 heterocycles. The largest absolute Gasteiger partial charge is 0.379 e. The van der Waals surface area contributed by atoms with Crippen molar-refractivity contribution in [1.82, 2.24) is 15.5 Å². The smallest absolute Gasteiger partial charge is 0.245 e. The molecule has 1 unspecified atom stereocenters. The summed E-state index contributed by atoms with van der Waals surface area (Å²) in [4.78, 5) is 26.3. The van der Waals surface area contributed by atoms with Crippen molar-refractivity contribution in [3.05, 3.63) is 28.2 Å². The highest BCUT2D eigenvalue weighted by Gasteiger charge is 2.25. The van der Waals surface area contributed by atoms with Crippen molar-refractivity contribution in [2.45, 2.75) is 19.8 Å². The molecule has 0 spiro atoms. The first-order chi connectivity index (χ1) is 18.3. The molecule has 0 bridgehead atoms. The fourth-order valence-electron chi connectivity index (χ4n) is 3.43. The van der Waals surface area contributed by atoms with Gasteiger partial charge in [0.2, 0.25) is 11.8 Å². The highest BCUT2D eigenvalue weighted by molar-refractivity contribution is 6.42. The molecule has 1 aromatic rings. The van der Waals surface area contributed by atoms with E-state index in [0.717, 1.165) is 18.8 Å². The van der Waals surface area contributed by atoms with Gasteiger partial charge in [-0.05, 0) is 31.7 Å². The fraction of sp³-hybridized carbons (Fsp3) is 0.640. The molecule has 0 fully saturated rings. The van der Waals surface area contributed by atoms with E-state index in [1.807, 2.05) is 20.0 Å². The number of ether oxygens (including phenoxy) is 3. The second-order valence-electron chi connectivity index (χ2n) is 8.94. The lowest BCUT2D eigenvalue weighted by molar-refractivity contribution is -0.126. The molecule has 0 aromatic heterocycles. The number of carbonyl (C=O) groups excluding carboxylic acids is 2. The van der Waals surface area contributed by atoms with Gasteiger partial charge in [0, 0.05) is 38.5 Å². The molecule has 2 amide bonds. The molecule has 13 heteroatoms. The molecular formula is C25H40Cl2N6O5. The van der Waals surface area contributed by atoms with Crippen LogP contribution in [0.4, 0.5) is 5.69 Å². The Balaban J connectivity index is 1.49. The number of amidine groups is 1. The first-order valence-corrected chi connectivity index (χ1v) is 13.5. The van der Waals surface area contributed by atoms with Crippen LogP contribution < -0.4 is 21.4 Å². The van der Waals surface area contributed by atoms with E-state index in [1.54, 1.807) is 17.1 Å². The zero-order valence-electron chi connectivity index (χ0n) is 22.2. The van der Waals surface area contributed by atoms with Crippen molar-refractivity contribution >= 4 is 46.5 Å². The molecule has 0 radical (unpaired) electrons. The van der Waals surface area contributed by atoms with E-state index in [0.29, 0.717) is 75.0 Å². The van der Waals surface area contributed by atoms with Crippen LogP contribution in [0, 0.1) is 5.92 Å². The second kappa shape index (κ2) is 18.3. The van der Waals surface area contributed by atoms with Crippen LogP contribution >= 0.6 is 23.2 Å². The Hall–Kier alpha value is -1.99. The van der Waals surface area contributed by atoms with Gasteiger partial charge in [0.15, 0.2) is 0 Å². The highest BCUT2D eigenvalue weighted by Crippen LogP contribution is 2.29. The fourth-order valence-corrected chi connectivity index (χ4v) is 3.72. The number of hydrogen-bond donors (Lipinski definition) is 3. The van der Waals surface area contributed by atoms with Crippen LogP contribution in [0.5, 0.6) is 0 Å². The molecule has 1 aliphatic rings. The summed E-state index contributed by atoms with van der Waals surface area (Å²) in [6.45, 7) is 7.60. The molecular weight excluding hydrogens is 535 g/mol. The molecule has 1 aliphatic heterocycles. The zero-order valence-corrected chi connectivity index (χ0v) is 23.7. The van der Waals surface area contributed by atoms with Crippen molar-refractivity contribution < 1.29 is 23.8 Å². The van der Waals surface area contributed by atoms with Gasteiger partial charge in [0.1, 0.15) is 12.4 Å². The van der Waals surface area contributed by atoms with Crippen LogP contribution in [-0.4, -0.2) is 102 Å². The third kappa shape index (κ3) is 12.7. The number of anilines is 1. The number of nitrogens with zero attached hydrogens (tertiary/aromatic N) is 3. The van der Waals surface area contributed by atoms with Crippen LogP contribution in [0.25, 0.3) is 0 Å². The number of halogens is 2. The van der Waals surface area contributed by atoms with Gasteiger partial charge >= 0.3 is 0 Å². The maximum Gasteiger partial charge on any atom is 0.245 e. The molecule has 1 atom stereocenters. The number of likely N-dealkylation sites (N-methyl/N-ethyl adjacent to an activating group) is 1. The lowest BCUT2D eigenvalue weighted by atomic mass is 10.1. The highest BCUT2D eigenvalue weighted by atomic mass is 35.5. The van der Waals surface area contributed by atoms with Gasteiger partial charge in [-0.1, -0.05) is 30.1 Å². The number of nitrogens with two attached hydrogens (primary N) is 1. The second-order valence-corrected chi connectivity index (χ2v) is 9.75. The van der Waals surface area contributed by atoms with Gasteiger partial charge in [0.05, 0.1) is 55.3 Å². The van der Waals surface area contributed by atoms with Gasteiger partial charge in [-0.25, -0.2) is 0 Å². The van der Waals surface area contributed by atoms with Crippen LogP contribution in [0.15, 0.2) is 23.3 Å². The molecule has 2 rings (SSSR count). The van der Waals surface area contributed by atoms with Gasteiger partial charge in [-0.3, -0.25) is 14.6 Å². The molecule has 11 nitrogen and oxygen atoms in total. The molecule has 0 saturated carbocycles. The summed E-state index contributed by atoms with van der Waals surface area (Å²) in [6, 6.07) is 5.29. The van der Waals surface area contributed by atoms with Crippen LogP contribution in [-0.2, 0) is 23.8 Å². The van der Waals surface area contributed by atoms with E-state index in [4.69, 9.17) is 43.1 Å². The van der Waals surface area contributed by atoms with Gasteiger partial charge < -0.3 is 35.5 Å². The van der Waals surface area contributed by atoms with Crippen LogP contribution in [0.2, 0.25) is 10.0 Å². The van der Waals surface area contributed by atoms with Crippen LogP contribution in [0.1, 0.15) is 19.8 Å². The number of rotatable bonds is 18. The van der Waals surface area contributed by atoms with Crippen LogP contribution in [0.3, 0.4) is 0 Å². The average molecular weight is 576 g/mol. The maximum absolute atomic E-state index is 12.3. The molecule has 38 heavy (non-hydrogen) atoms. The topological polar surface area (TPSA) is 131 Å². The normalized spacial score (nSPS) is 15.2.